The average molecular weight is 280 g/mol. The first-order valence-electron chi connectivity index (χ1n) is 4.70. The van der Waals surface area contributed by atoms with Gasteiger partial charge in [-0.3, -0.25) is 0 Å². The molecule has 1 aromatic carbocycles. The number of nitrogen functional groups attached to an aromatic ring is 1. The summed E-state index contributed by atoms with van der Waals surface area (Å²) in [4.78, 5) is 0. The van der Waals surface area contributed by atoms with Crippen molar-refractivity contribution in [2.24, 2.45) is 0 Å². The van der Waals surface area contributed by atoms with Gasteiger partial charge in [-0.05, 0) is 39.7 Å². The van der Waals surface area contributed by atoms with Crippen LogP contribution in [0.25, 0.3) is 0 Å². The molecule has 1 aromatic heterocycles. The van der Waals surface area contributed by atoms with Crippen molar-refractivity contribution < 1.29 is 5.11 Å². The number of phenols is 1. The topological polar surface area (TPSA) is 72.0 Å². The summed E-state index contributed by atoms with van der Waals surface area (Å²) in [5.41, 5.74) is 7.32. The van der Waals surface area contributed by atoms with E-state index in [4.69, 9.17) is 5.73 Å². The smallest absolute Gasteiger partial charge is 0.160 e. The number of rotatable bonds is 2. The van der Waals surface area contributed by atoms with E-state index in [1.807, 2.05) is 12.1 Å². The summed E-state index contributed by atoms with van der Waals surface area (Å²) >= 11 is 3.30. The quantitative estimate of drug-likeness (QED) is 0.883. The van der Waals surface area contributed by atoms with Gasteiger partial charge < -0.3 is 10.8 Å². The standard InChI is InChI=1S/C11H10BrN3O/c12-10-6-8(14-15-11(10)13)4-7-2-1-3-9(16)5-7/h1-3,5-6,16H,4H2,(H2,13,15). The van der Waals surface area contributed by atoms with Crippen LogP contribution in [-0.2, 0) is 6.42 Å². The van der Waals surface area contributed by atoms with E-state index in [0.717, 1.165) is 15.7 Å². The van der Waals surface area contributed by atoms with E-state index >= 15 is 0 Å². The van der Waals surface area contributed by atoms with E-state index in [1.165, 1.54) is 0 Å². The molecular formula is C11H10BrN3O. The number of aromatic nitrogens is 2. The third-order valence-corrected chi connectivity index (χ3v) is 2.76. The molecule has 82 valence electrons. The number of benzene rings is 1. The van der Waals surface area contributed by atoms with Crippen molar-refractivity contribution in [3.63, 3.8) is 0 Å². The molecule has 3 N–H and O–H groups in total. The van der Waals surface area contributed by atoms with Gasteiger partial charge in [0.05, 0.1) is 10.2 Å². The maximum atomic E-state index is 9.32. The molecule has 0 bridgehead atoms. The Morgan fingerprint density at radius 2 is 2.06 bits per heavy atom. The molecule has 0 spiro atoms. The van der Waals surface area contributed by atoms with Gasteiger partial charge in [-0.15, -0.1) is 5.10 Å². The Balaban J connectivity index is 2.24. The maximum absolute atomic E-state index is 9.32. The zero-order chi connectivity index (χ0) is 11.5. The number of nitrogens with two attached hydrogens (primary N) is 1. The predicted molar refractivity (Wildman–Crippen MR) is 65.1 cm³/mol. The highest BCUT2D eigenvalue weighted by atomic mass is 79.9. The summed E-state index contributed by atoms with van der Waals surface area (Å²) < 4.78 is 0.734. The summed E-state index contributed by atoms with van der Waals surface area (Å²) in [7, 11) is 0. The van der Waals surface area contributed by atoms with E-state index in [2.05, 4.69) is 26.1 Å². The monoisotopic (exact) mass is 279 g/mol. The van der Waals surface area contributed by atoms with Gasteiger partial charge in [-0.1, -0.05) is 12.1 Å². The van der Waals surface area contributed by atoms with Crippen molar-refractivity contribution in [1.29, 1.82) is 0 Å². The molecule has 16 heavy (non-hydrogen) atoms. The first-order chi connectivity index (χ1) is 7.65. The van der Waals surface area contributed by atoms with E-state index in [0.29, 0.717) is 12.2 Å². The Hall–Kier alpha value is -1.62. The molecule has 0 atom stereocenters. The van der Waals surface area contributed by atoms with Crippen molar-refractivity contribution >= 4 is 21.7 Å². The van der Waals surface area contributed by atoms with Crippen molar-refractivity contribution in [3.05, 3.63) is 46.1 Å². The van der Waals surface area contributed by atoms with Crippen LogP contribution in [0.15, 0.2) is 34.8 Å². The molecule has 0 radical (unpaired) electrons. The fraction of sp³-hybridized carbons (Fsp3) is 0.0909. The van der Waals surface area contributed by atoms with Gasteiger partial charge >= 0.3 is 0 Å². The lowest BCUT2D eigenvalue weighted by atomic mass is 10.1. The van der Waals surface area contributed by atoms with Crippen LogP contribution < -0.4 is 5.73 Å². The summed E-state index contributed by atoms with van der Waals surface area (Å²) in [6, 6.07) is 8.88. The molecule has 0 aliphatic rings. The van der Waals surface area contributed by atoms with Crippen LogP contribution in [0.3, 0.4) is 0 Å². The number of aromatic hydroxyl groups is 1. The van der Waals surface area contributed by atoms with Crippen LogP contribution in [0.4, 0.5) is 5.82 Å². The molecule has 0 aliphatic carbocycles. The third kappa shape index (κ3) is 2.49. The SMILES string of the molecule is Nc1nnc(Cc2cccc(O)c2)cc1Br. The lowest BCUT2D eigenvalue weighted by Gasteiger charge is -2.02. The van der Waals surface area contributed by atoms with E-state index in [9.17, 15) is 5.11 Å². The first kappa shape index (κ1) is 10.9. The van der Waals surface area contributed by atoms with Gasteiger partial charge in [0.2, 0.25) is 0 Å². The number of nitrogens with zero attached hydrogens (tertiary/aromatic N) is 2. The average Bonchev–Trinajstić information content (AvgIpc) is 2.24. The van der Waals surface area contributed by atoms with Gasteiger partial charge in [0.25, 0.3) is 0 Å². The Labute approximate surface area is 101 Å². The van der Waals surface area contributed by atoms with Crippen LogP contribution in [0.1, 0.15) is 11.3 Å². The molecule has 4 nitrogen and oxygen atoms in total. The molecule has 0 aliphatic heterocycles. The second kappa shape index (κ2) is 4.49. The number of hydrogen-bond acceptors (Lipinski definition) is 4. The predicted octanol–water partition coefficient (Wildman–Crippen LogP) is 2.12. The summed E-state index contributed by atoms with van der Waals surface area (Å²) in [6.45, 7) is 0. The largest absolute Gasteiger partial charge is 0.508 e. The Morgan fingerprint density at radius 1 is 1.25 bits per heavy atom. The number of halogens is 1. The summed E-state index contributed by atoms with van der Waals surface area (Å²) in [5, 5.41) is 17.1. The maximum Gasteiger partial charge on any atom is 0.160 e. The highest BCUT2D eigenvalue weighted by molar-refractivity contribution is 9.10. The van der Waals surface area contributed by atoms with E-state index < -0.39 is 0 Å². The molecule has 0 saturated heterocycles. The van der Waals surface area contributed by atoms with Crippen molar-refractivity contribution in [2.75, 3.05) is 5.73 Å². The highest BCUT2D eigenvalue weighted by Gasteiger charge is 2.03. The molecule has 2 rings (SSSR count). The molecular weight excluding hydrogens is 270 g/mol. The van der Waals surface area contributed by atoms with Gasteiger partial charge in [0, 0.05) is 6.42 Å². The molecule has 1 heterocycles. The summed E-state index contributed by atoms with van der Waals surface area (Å²) in [5.74, 6) is 0.625. The highest BCUT2D eigenvalue weighted by Crippen LogP contribution is 2.19. The number of hydrogen-bond donors (Lipinski definition) is 2. The normalized spacial score (nSPS) is 10.3. The van der Waals surface area contributed by atoms with Crippen LogP contribution in [0.2, 0.25) is 0 Å². The molecule has 0 amide bonds. The van der Waals surface area contributed by atoms with Crippen molar-refractivity contribution in [2.45, 2.75) is 6.42 Å². The fourth-order valence-corrected chi connectivity index (χ4v) is 1.72. The van der Waals surface area contributed by atoms with Crippen LogP contribution in [0.5, 0.6) is 5.75 Å². The minimum absolute atomic E-state index is 0.250. The van der Waals surface area contributed by atoms with Crippen LogP contribution >= 0.6 is 15.9 Å². The van der Waals surface area contributed by atoms with Crippen molar-refractivity contribution in [3.8, 4) is 5.75 Å². The summed E-state index contributed by atoms with van der Waals surface area (Å²) in [6.07, 6.45) is 0.611. The number of phenolic OH excluding ortho intramolecular Hbond substituents is 1. The van der Waals surface area contributed by atoms with Crippen LogP contribution in [0, 0.1) is 0 Å². The first-order valence-corrected chi connectivity index (χ1v) is 5.50. The molecule has 5 heteroatoms. The second-order valence-electron chi connectivity index (χ2n) is 3.42. The molecule has 2 aromatic rings. The van der Waals surface area contributed by atoms with E-state index in [1.54, 1.807) is 18.2 Å². The second-order valence-corrected chi connectivity index (χ2v) is 4.27. The van der Waals surface area contributed by atoms with Gasteiger partial charge in [0.1, 0.15) is 5.75 Å². The minimum atomic E-state index is 0.250. The Morgan fingerprint density at radius 3 is 2.75 bits per heavy atom. The zero-order valence-corrected chi connectivity index (χ0v) is 9.98. The zero-order valence-electron chi connectivity index (χ0n) is 8.39. The van der Waals surface area contributed by atoms with E-state index in [-0.39, 0.29) is 5.75 Å². The Bertz CT molecular complexity index is 516. The van der Waals surface area contributed by atoms with Gasteiger partial charge in [-0.25, -0.2) is 0 Å². The fourth-order valence-electron chi connectivity index (χ4n) is 1.38. The Kier molecular flexibility index (Phi) is 3.05. The minimum Gasteiger partial charge on any atom is -0.508 e. The molecule has 0 unspecified atom stereocenters. The van der Waals surface area contributed by atoms with Crippen LogP contribution in [-0.4, -0.2) is 15.3 Å². The number of anilines is 1. The third-order valence-electron chi connectivity index (χ3n) is 2.12. The molecule has 0 saturated carbocycles. The van der Waals surface area contributed by atoms with Gasteiger partial charge in [-0.2, -0.15) is 5.10 Å². The lowest BCUT2D eigenvalue weighted by molar-refractivity contribution is 0.474. The van der Waals surface area contributed by atoms with Gasteiger partial charge in [0.15, 0.2) is 5.82 Å². The van der Waals surface area contributed by atoms with Crippen molar-refractivity contribution in [1.82, 2.24) is 10.2 Å². The lowest BCUT2D eigenvalue weighted by Crippen LogP contribution is -1.99. The molecule has 0 fully saturated rings.